The minimum atomic E-state index is -0.468. The maximum absolute atomic E-state index is 13.3. The van der Waals surface area contributed by atoms with Crippen molar-refractivity contribution in [2.24, 2.45) is 0 Å². The van der Waals surface area contributed by atoms with Gasteiger partial charge in [0.2, 0.25) is 5.76 Å². The SMILES string of the molecule is O=C(OCCCc1c[nH]c2ccc(F)cc12)c1ccco1. The zero-order valence-electron chi connectivity index (χ0n) is 11.3. The van der Waals surface area contributed by atoms with Gasteiger partial charge in [-0.1, -0.05) is 0 Å². The summed E-state index contributed by atoms with van der Waals surface area (Å²) >= 11 is 0. The van der Waals surface area contributed by atoms with Gasteiger partial charge in [-0.15, -0.1) is 0 Å². The van der Waals surface area contributed by atoms with Crippen LogP contribution in [0.5, 0.6) is 0 Å². The van der Waals surface area contributed by atoms with Crippen molar-refractivity contribution in [3.8, 4) is 0 Å². The van der Waals surface area contributed by atoms with Crippen molar-refractivity contribution in [2.75, 3.05) is 6.61 Å². The van der Waals surface area contributed by atoms with Gasteiger partial charge in [0.25, 0.3) is 0 Å². The molecule has 4 nitrogen and oxygen atoms in total. The first-order chi connectivity index (χ1) is 10.2. The van der Waals surface area contributed by atoms with Crippen molar-refractivity contribution in [2.45, 2.75) is 12.8 Å². The van der Waals surface area contributed by atoms with E-state index in [2.05, 4.69) is 4.98 Å². The Morgan fingerprint density at radius 2 is 2.24 bits per heavy atom. The van der Waals surface area contributed by atoms with Gasteiger partial charge >= 0.3 is 5.97 Å². The van der Waals surface area contributed by atoms with E-state index < -0.39 is 5.97 Å². The van der Waals surface area contributed by atoms with E-state index in [0.717, 1.165) is 16.5 Å². The number of esters is 1. The second-order valence-corrected chi connectivity index (χ2v) is 4.72. The van der Waals surface area contributed by atoms with Gasteiger partial charge in [0, 0.05) is 17.1 Å². The van der Waals surface area contributed by atoms with Crippen LogP contribution in [0.4, 0.5) is 4.39 Å². The molecule has 2 aromatic heterocycles. The molecule has 108 valence electrons. The van der Waals surface area contributed by atoms with Gasteiger partial charge in [-0.2, -0.15) is 0 Å². The fourth-order valence-electron chi connectivity index (χ4n) is 2.25. The highest BCUT2D eigenvalue weighted by Gasteiger charge is 2.10. The first kappa shape index (κ1) is 13.4. The van der Waals surface area contributed by atoms with Crippen LogP contribution in [0.2, 0.25) is 0 Å². The number of hydrogen-bond donors (Lipinski definition) is 1. The molecule has 0 aliphatic carbocycles. The van der Waals surface area contributed by atoms with Crippen molar-refractivity contribution in [1.82, 2.24) is 4.98 Å². The third kappa shape index (κ3) is 2.97. The molecule has 0 fully saturated rings. The summed E-state index contributed by atoms with van der Waals surface area (Å²) < 4.78 is 23.3. The lowest BCUT2D eigenvalue weighted by Gasteiger charge is -2.02. The fraction of sp³-hybridized carbons (Fsp3) is 0.188. The molecule has 0 amide bonds. The molecule has 0 atom stereocenters. The normalized spacial score (nSPS) is 10.9. The van der Waals surface area contributed by atoms with Crippen LogP contribution in [-0.4, -0.2) is 17.6 Å². The highest BCUT2D eigenvalue weighted by molar-refractivity contribution is 5.86. The molecular weight excluding hydrogens is 273 g/mol. The lowest BCUT2D eigenvalue weighted by Crippen LogP contribution is -2.05. The molecule has 0 saturated heterocycles. The summed E-state index contributed by atoms with van der Waals surface area (Å²) in [7, 11) is 0. The number of halogens is 1. The Hall–Kier alpha value is -2.56. The highest BCUT2D eigenvalue weighted by atomic mass is 19.1. The Kier molecular flexibility index (Phi) is 3.73. The minimum Gasteiger partial charge on any atom is -0.460 e. The number of ether oxygens (including phenoxy) is 1. The number of nitrogens with one attached hydrogen (secondary N) is 1. The molecule has 5 heteroatoms. The van der Waals surface area contributed by atoms with Gasteiger partial charge < -0.3 is 14.1 Å². The second-order valence-electron chi connectivity index (χ2n) is 4.72. The van der Waals surface area contributed by atoms with E-state index in [1.165, 1.54) is 18.4 Å². The topological polar surface area (TPSA) is 55.2 Å². The first-order valence-corrected chi connectivity index (χ1v) is 6.70. The summed E-state index contributed by atoms with van der Waals surface area (Å²) in [5.41, 5.74) is 1.91. The van der Waals surface area contributed by atoms with Crippen LogP contribution >= 0.6 is 0 Å². The van der Waals surface area contributed by atoms with E-state index >= 15 is 0 Å². The van der Waals surface area contributed by atoms with Gasteiger partial charge in [0.1, 0.15) is 5.82 Å². The second kappa shape index (κ2) is 5.83. The molecular formula is C16H14FNO3. The molecule has 21 heavy (non-hydrogen) atoms. The Balaban J connectivity index is 1.55. The summed E-state index contributed by atoms with van der Waals surface area (Å²) in [6.45, 7) is 0.293. The highest BCUT2D eigenvalue weighted by Crippen LogP contribution is 2.20. The van der Waals surface area contributed by atoms with Crippen molar-refractivity contribution in [1.29, 1.82) is 0 Å². The number of hydrogen-bond acceptors (Lipinski definition) is 3. The molecule has 0 bridgehead atoms. The fourth-order valence-corrected chi connectivity index (χ4v) is 2.25. The number of fused-ring (bicyclic) bond motifs is 1. The maximum Gasteiger partial charge on any atom is 0.374 e. The van der Waals surface area contributed by atoms with Crippen molar-refractivity contribution < 1.29 is 18.3 Å². The summed E-state index contributed by atoms with van der Waals surface area (Å²) in [5, 5.41) is 0.868. The smallest absolute Gasteiger partial charge is 0.374 e. The van der Waals surface area contributed by atoms with Crippen LogP contribution in [-0.2, 0) is 11.2 Å². The number of furan rings is 1. The van der Waals surface area contributed by atoms with E-state index in [4.69, 9.17) is 9.15 Å². The summed E-state index contributed by atoms with van der Waals surface area (Å²) in [6, 6.07) is 7.84. The summed E-state index contributed by atoms with van der Waals surface area (Å²) in [4.78, 5) is 14.7. The largest absolute Gasteiger partial charge is 0.460 e. The Morgan fingerprint density at radius 3 is 3.05 bits per heavy atom. The van der Waals surface area contributed by atoms with Gasteiger partial charge in [0.05, 0.1) is 12.9 Å². The maximum atomic E-state index is 13.3. The summed E-state index contributed by atoms with van der Waals surface area (Å²) in [6.07, 6.45) is 4.65. The molecule has 0 radical (unpaired) electrons. The number of rotatable bonds is 5. The van der Waals surface area contributed by atoms with Crippen LogP contribution in [0.1, 0.15) is 22.5 Å². The van der Waals surface area contributed by atoms with Crippen LogP contribution in [0.15, 0.2) is 47.2 Å². The Labute approximate surface area is 120 Å². The molecule has 3 rings (SSSR count). The van der Waals surface area contributed by atoms with Gasteiger partial charge in [-0.05, 0) is 48.7 Å². The van der Waals surface area contributed by atoms with Crippen LogP contribution in [0.3, 0.4) is 0 Å². The van der Waals surface area contributed by atoms with Gasteiger partial charge in [-0.25, -0.2) is 9.18 Å². The third-order valence-corrected chi connectivity index (χ3v) is 3.28. The van der Waals surface area contributed by atoms with Crippen molar-refractivity contribution in [3.05, 3.63) is 59.9 Å². The van der Waals surface area contributed by atoms with Crippen molar-refractivity contribution in [3.63, 3.8) is 0 Å². The van der Waals surface area contributed by atoms with Gasteiger partial charge in [0.15, 0.2) is 0 Å². The predicted octanol–water partition coefficient (Wildman–Crippen LogP) is 3.69. The monoisotopic (exact) mass is 287 g/mol. The molecule has 2 heterocycles. The number of aromatic nitrogens is 1. The Bertz CT molecular complexity index is 746. The lowest BCUT2D eigenvalue weighted by atomic mass is 10.1. The Morgan fingerprint density at radius 1 is 1.33 bits per heavy atom. The molecule has 3 aromatic rings. The molecule has 1 aromatic carbocycles. The number of benzene rings is 1. The average molecular weight is 287 g/mol. The van der Waals surface area contributed by atoms with E-state index in [0.29, 0.717) is 19.4 Å². The summed E-state index contributed by atoms with van der Waals surface area (Å²) in [5.74, 6) is -0.526. The molecule has 1 N–H and O–H groups in total. The van der Waals surface area contributed by atoms with Gasteiger partial charge in [-0.3, -0.25) is 0 Å². The van der Waals surface area contributed by atoms with E-state index in [-0.39, 0.29) is 11.6 Å². The quantitative estimate of drug-likeness (QED) is 0.575. The zero-order valence-corrected chi connectivity index (χ0v) is 11.3. The zero-order chi connectivity index (χ0) is 14.7. The first-order valence-electron chi connectivity index (χ1n) is 6.70. The van der Waals surface area contributed by atoms with Crippen LogP contribution < -0.4 is 0 Å². The van der Waals surface area contributed by atoms with Crippen LogP contribution in [0.25, 0.3) is 10.9 Å². The molecule has 0 spiro atoms. The number of carbonyl (C=O) groups is 1. The molecule has 0 aliphatic rings. The number of carbonyl (C=O) groups excluding carboxylic acids is 1. The predicted molar refractivity (Wildman–Crippen MR) is 75.6 cm³/mol. The average Bonchev–Trinajstić information content (AvgIpc) is 3.13. The molecule has 0 unspecified atom stereocenters. The van der Waals surface area contributed by atoms with E-state index in [9.17, 15) is 9.18 Å². The van der Waals surface area contributed by atoms with Crippen molar-refractivity contribution >= 4 is 16.9 Å². The van der Waals surface area contributed by atoms with E-state index in [1.807, 2.05) is 6.20 Å². The minimum absolute atomic E-state index is 0.198. The standard InChI is InChI=1S/C16H14FNO3/c17-12-5-6-14-13(9-12)11(10-18-14)3-1-8-21-16(19)15-4-2-7-20-15/h2,4-7,9-10,18H,1,3,8H2. The number of aryl methyl sites for hydroxylation is 1. The molecule has 0 aliphatic heterocycles. The third-order valence-electron chi connectivity index (χ3n) is 3.28. The van der Waals surface area contributed by atoms with Crippen LogP contribution in [0, 0.1) is 5.82 Å². The van der Waals surface area contributed by atoms with E-state index in [1.54, 1.807) is 18.2 Å². The lowest BCUT2D eigenvalue weighted by molar-refractivity contribution is 0.0464. The number of aromatic amines is 1. The molecule has 0 saturated carbocycles. The number of H-pyrrole nitrogens is 1.